The molecule has 0 saturated heterocycles. The van der Waals surface area contributed by atoms with Crippen LogP contribution in [0.15, 0.2) is 22.8 Å². The molecule has 0 aliphatic rings. The van der Waals surface area contributed by atoms with Crippen LogP contribution in [0, 0.1) is 0 Å². The highest BCUT2D eigenvalue weighted by Crippen LogP contribution is 2.22. The van der Waals surface area contributed by atoms with Gasteiger partial charge in [-0.3, -0.25) is 0 Å². The van der Waals surface area contributed by atoms with E-state index in [1.165, 1.54) is 0 Å². The molecule has 2 unspecified atom stereocenters. The highest BCUT2D eigenvalue weighted by Gasteiger charge is 2.32. The molecular weight excluding hydrogens is 188 g/mol. The summed E-state index contributed by atoms with van der Waals surface area (Å²) in [5, 5.41) is 0. The average Bonchev–Trinajstić information content (AvgIpc) is 2.68. The molecule has 0 aliphatic carbocycles. The lowest BCUT2D eigenvalue weighted by Gasteiger charge is -2.40. The van der Waals surface area contributed by atoms with E-state index in [-0.39, 0.29) is 11.6 Å². The lowest BCUT2D eigenvalue weighted by atomic mass is 9.86. The molecule has 2 N–H and O–H groups in total. The first kappa shape index (κ1) is 12.3. The molecule has 0 bridgehead atoms. The molecule has 1 heterocycles. The summed E-state index contributed by atoms with van der Waals surface area (Å²) in [6, 6.07) is 3.97. The zero-order valence-electron chi connectivity index (χ0n) is 10.2. The molecule has 3 heteroatoms. The van der Waals surface area contributed by atoms with Crippen LogP contribution in [0.2, 0.25) is 0 Å². The summed E-state index contributed by atoms with van der Waals surface area (Å²) in [7, 11) is 4.15. The smallest absolute Gasteiger partial charge is 0.105 e. The number of furan rings is 1. The molecule has 0 fully saturated rings. The van der Waals surface area contributed by atoms with E-state index in [1.54, 1.807) is 6.26 Å². The van der Waals surface area contributed by atoms with Crippen molar-refractivity contribution >= 4 is 0 Å². The van der Waals surface area contributed by atoms with Crippen molar-refractivity contribution in [2.75, 3.05) is 14.1 Å². The van der Waals surface area contributed by atoms with Gasteiger partial charge in [-0.1, -0.05) is 6.92 Å². The van der Waals surface area contributed by atoms with Crippen LogP contribution in [0.5, 0.6) is 0 Å². The van der Waals surface area contributed by atoms with Gasteiger partial charge in [-0.25, -0.2) is 0 Å². The molecule has 1 aromatic rings. The minimum Gasteiger partial charge on any atom is -0.469 e. The molecule has 0 amide bonds. The Kier molecular flexibility index (Phi) is 3.94. The number of nitrogens with zero attached hydrogens (tertiary/aromatic N) is 1. The van der Waals surface area contributed by atoms with Gasteiger partial charge >= 0.3 is 0 Å². The van der Waals surface area contributed by atoms with Crippen molar-refractivity contribution in [1.82, 2.24) is 4.90 Å². The third-order valence-corrected chi connectivity index (χ3v) is 3.54. The molecule has 86 valence electrons. The van der Waals surface area contributed by atoms with Crippen molar-refractivity contribution in [2.24, 2.45) is 5.73 Å². The maximum atomic E-state index is 6.25. The van der Waals surface area contributed by atoms with Crippen LogP contribution in [-0.4, -0.2) is 30.6 Å². The second kappa shape index (κ2) is 4.81. The Bertz CT molecular complexity index is 282. The maximum absolute atomic E-state index is 6.25. The van der Waals surface area contributed by atoms with E-state index in [2.05, 4.69) is 32.8 Å². The van der Waals surface area contributed by atoms with E-state index in [4.69, 9.17) is 10.2 Å². The SMILES string of the molecule is CCC(C)(C(N)Cc1ccco1)N(C)C. The fraction of sp³-hybridized carbons (Fsp3) is 0.667. The van der Waals surface area contributed by atoms with Crippen molar-refractivity contribution < 1.29 is 4.42 Å². The third-order valence-electron chi connectivity index (χ3n) is 3.54. The van der Waals surface area contributed by atoms with Crippen LogP contribution in [0.3, 0.4) is 0 Å². The number of hydrogen-bond acceptors (Lipinski definition) is 3. The van der Waals surface area contributed by atoms with Crippen LogP contribution in [0.4, 0.5) is 0 Å². The van der Waals surface area contributed by atoms with Gasteiger partial charge in [0.25, 0.3) is 0 Å². The zero-order chi connectivity index (χ0) is 11.5. The van der Waals surface area contributed by atoms with Gasteiger partial charge < -0.3 is 15.1 Å². The minimum absolute atomic E-state index is 0.0206. The van der Waals surface area contributed by atoms with E-state index in [1.807, 2.05) is 12.1 Å². The second-order valence-corrected chi connectivity index (χ2v) is 4.50. The van der Waals surface area contributed by atoms with Gasteiger partial charge in [0.2, 0.25) is 0 Å². The molecule has 1 rings (SSSR count). The summed E-state index contributed by atoms with van der Waals surface area (Å²) < 4.78 is 5.33. The van der Waals surface area contributed by atoms with Crippen molar-refractivity contribution in [3.8, 4) is 0 Å². The topological polar surface area (TPSA) is 42.4 Å². The standard InChI is InChI=1S/C12H22N2O/c1-5-12(2,14(3)4)11(13)9-10-7-6-8-15-10/h6-8,11H,5,9,13H2,1-4H3. The van der Waals surface area contributed by atoms with Crippen molar-refractivity contribution in [3.05, 3.63) is 24.2 Å². The number of rotatable bonds is 5. The molecule has 3 nitrogen and oxygen atoms in total. The highest BCUT2D eigenvalue weighted by atomic mass is 16.3. The lowest BCUT2D eigenvalue weighted by molar-refractivity contribution is 0.128. The van der Waals surface area contributed by atoms with Gasteiger partial charge in [0.15, 0.2) is 0 Å². The summed E-state index contributed by atoms with van der Waals surface area (Å²) >= 11 is 0. The first-order valence-corrected chi connectivity index (χ1v) is 5.46. The van der Waals surface area contributed by atoms with Crippen molar-refractivity contribution in [3.63, 3.8) is 0 Å². The fourth-order valence-corrected chi connectivity index (χ4v) is 1.78. The molecule has 1 aromatic heterocycles. The van der Waals surface area contributed by atoms with E-state index < -0.39 is 0 Å². The Morgan fingerprint density at radius 2 is 2.20 bits per heavy atom. The molecule has 15 heavy (non-hydrogen) atoms. The first-order chi connectivity index (χ1) is 7.00. The monoisotopic (exact) mass is 210 g/mol. The van der Waals surface area contributed by atoms with E-state index >= 15 is 0 Å². The number of likely N-dealkylation sites (N-methyl/N-ethyl adjacent to an activating group) is 1. The molecule has 0 spiro atoms. The Hall–Kier alpha value is -0.800. The van der Waals surface area contributed by atoms with E-state index in [0.29, 0.717) is 0 Å². The van der Waals surface area contributed by atoms with E-state index in [9.17, 15) is 0 Å². The lowest BCUT2D eigenvalue weighted by Crippen LogP contribution is -2.55. The summed E-state index contributed by atoms with van der Waals surface area (Å²) in [6.07, 6.45) is 3.51. The Morgan fingerprint density at radius 3 is 2.60 bits per heavy atom. The predicted molar refractivity (Wildman–Crippen MR) is 62.8 cm³/mol. The normalized spacial score (nSPS) is 17.7. The van der Waals surface area contributed by atoms with Crippen LogP contribution in [-0.2, 0) is 6.42 Å². The maximum Gasteiger partial charge on any atom is 0.105 e. The van der Waals surface area contributed by atoms with Crippen molar-refractivity contribution in [1.29, 1.82) is 0 Å². The van der Waals surface area contributed by atoms with Gasteiger partial charge in [-0.15, -0.1) is 0 Å². The third kappa shape index (κ3) is 2.61. The molecule has 0 saturated carbocycles. The summed E-state index contributed by atoms with van der Waals surface area (Å²) in [5.41, 5.74) is 6.27. The second-order valence-electron chi connectivity index (χ2n) is 4.50. The molecule has 0 radical (unpaired) electrons. The highest BCUT2D eigenvalue weighted by molar-refractivity contribution is 5.04. The molecule has 0 aromatic carbocycles. The summed E-state index contributed by atoms with van der Waals surface area (Å²) in [5.74, 6) is 0.962. The summed E-state index contributed by atoms with van der Waals surface area (Å²) in [4.78, 5) is 2.20. The molecule has 2 atom stereocenters. The Labute approximate surface area is 92.2 Å². The predicted octanol–water partition coefficient (Wildman–Crippen LogP) is 1.88. The van der Waals surface area contributed by atoms with Gasteiger partial charge in [0.1, 0.15) is 5.76 Å². The molecular formula is C12H22N2O. The van der Waals surface area contributed by atoms with Crippen LogP contribution >= 0.6 is 0 Å². The first-order valence-electron chi connectivity index (χ1n) is 5.46. The van der Waals surface area contributed by atoms with Gasteiger partial charge in [-0.2, -0.15) is 0 Å². The van der Waals surface area contributed by atoms with Crippen molar-refractivity contribution in [2.45, 2.75) is 38.3 Å². The largest absolute Gasteiger partial charge is 0.469 e. The van der Waals surface area contributed by atoms with Gasteiger partial charge in [-0.05, 0) is 39.6 Å². The average molecular weight is 210 g/mol. The fourth-order valence-electron chi connectivity index (χ4n) is 1.78. The van der Waals surface area contributed by atoms with E-state index in [0.717, 1.165) is 18.6 Å². The summed E-state index contributed by atoms with van der Waals surface area (Å²) in [6.45, 7) is 4.36. The molecule has 0 aliphatic heterocycles. The van der Waals surface area contributed by atoms with Crippen LogP contribution < -0.4 is 5.73 Å². The quantitative estimate of drug-likeness (QED) is 0.807. The number of nitrogens with two attached hydrogens (primary N) is 1. The van der Waals surface area contributed by atoms with Crippen LogP contribution in [0.25, 0.3) is 0 Å². The Morgan fingerprint density at radius 1 is 1.53 bits per heavy atom. The van der Waals surface area contributed by atoms with Gasteiger partial charge in [0.05, 0.1) is 6.26 Å². The Balaban J connectivity index is 2.69. The zero-order valence-corrected chi connectivity index (χ0v) is 10.2. The minimum atomic E-state index is 0.0206. The van der Waals surface area contributed by atoms with Crippen LogP contribution in [0.1, 0.15) is 26.0 Å². The number of hydrogen-bond donors (Lipinski definition) is 1. The van der Waals surface area contributed by atoms with Gasteiger partial charge in [0, 0.05) is 18.0 Å².